The molecule has 2 aromatic carbocycles. The van der Waals surface area contributed by atoms with Gasteiger partial charge >= 0.3 is 12.0 Å². The van der Waals surface area contributed by atoms with E-state index in [1.165, 1.54) is 6.07 Å². The molecule has 3 N–H and O–H groups in total. The summed E-state index contributed by atoms with van der Waals surface area (Å²) in [7, 11) is 0. The van der Waals surface area contributed by atoms with Crippen LogP contribution >= 0.6 is 0 Å². The summed E-state index contributed by atoms with van der Waals surface area (Å²) >= 11 is 0. The largest absolute Gasteiger partial charge is 0.452 e. The molecule has 0 spiro atoms. The van der Waals surface area contributed by atoms with Gasteiger partial charge in [-0.3, -0.25) is 14.9 Å². The average Bonchev–Trinajstić information content (AvgIpc) is 3.26. The number of anilines is 1. The maximum absolute atomic E-state index is 12.4. The van der Waals surface area contributed by atoms with Crippen LogP contribution in [0.15, 0.2) is 54.6 Å². The van der Waals surface area contributed by atoms with Crippen molar-refractivity contribution in [3.8, 4) is 0 Å². The Bertz CT molecular complexity index is 923. The number of esters is 1. The number of hydrogen-bond acceptors (Lipinski definition) is 5. The quantitative estimate of drug-likeness (QED) is 0.635. The second-order valence-electron chi connectivity index (χ2n) is 6.94. The molecular weight excluding hydrogens is 386 g/mol. The molecule has 1 aliphatic carbocycles. The molecule has 0 unspecified atom stereocenters. The van der Waals surface area contributed by atoms with E-state index in [1.54, 1.807) is 48.5 Å². The van der Waals surface area contributed by atoms with Crippen molar-refractivity contribution in [2.24, 2.45) is 0 Å². The number of urea groups is 1. The molecule has 0 atom stereocenters. The number of imide groups is 1. The number of rotatable bonds is 6. The average molecular weight is 409 g/mol. The second-order valence-corrected chi connectivity index (χ2v) is 6.94. The Morgan fingerprint density at radius 1 is 0.900 bits per heavy atom. The third kappa shape index (κ3) is 5.91. The highest BCUT2D eigenvalue weighted by atomic mass is 16.5. The van der Waals surface area contributed by atoms with Crippen molar-refractivity contribution in [3.05, 3.63) is 65.7 Å². The molecule has 2 aromatic rings. The van der Waals surface area contributed by atoms with E-state index in [9.17, 15) is 19.2 Å². The number of amides is 4. The summed E-state index contributed by atoms with van der Waals surface area (Å²) in [6.45, 7) is -0.613. The molecule has 4 amide bonds. The van der Waals surface area contributed by atoms with Gasteiger partial charge < -0.3 is 15.4 Å². The van der Waals surface area contributed by atoms with Crippen molar-refractivity contribution in [1.29, 1.82) is 0 Å². The minimum absolute atomic E-state index is 0.0699. The maximum Gasteiger partial charge on any atom is 0.340 e. The maximum atomic E-state index is 12.4. The van der Waals surface area contributed by atoms with Gasteiger partial charge in [0.05, 0.1) is 11.3 Å². The minimum Gasteiger partial charge on any atom is -0.452 e. The third-order valence-electron chi connectivity index (χ3n) is 4.71. The number of para-hydroxylation sites is 1. The predicted octanol–water partition coefficient (Wildman–Crippen LogP) is 2.86. The lowest BCUT2D eigenvalue weighted by atomic mass is 10.1. The molecule has 1 aliphatic rings. The first-order valence-electron chi connectivity index (χ1n) is 9.76. The zero-order valence-electron chi connectivity index (χ0n) is 16.4. The Hall–Kier alpha value is -3.68. The summed E-state index contributed by atoms with van der Waals surface area (Å²) < 4.78 is 5.01. The lowest BCUT2D eigenvalue weighted by Crippen LogP contribution is -2.45. The van der Waals surface area contributed by atoms with Crippen LogP contribution in [0.4, 0.5) is 10.5 Å². The van der Waals surface area contributed by atoms with E-state index in [0.29, 0.717) is 5.56 Å². The van der Waals surface area contributed by atoms with Gasteiger partial charge in [-0.25, -0.2) is 9.59 Å². The topological polar surface area (TPSA) is 114 Å². The van der Waals surface area contributed by atoms with Crippen LogP contribution in [-0.4, -0.2) is 36.5 Å². The lowest BCUT2D eigenvalue weighted by Gasteiger charge is -2.13. The SMILES string of the molecule is O=C(COC(=O)c1ccccc1NC(=O)c1ccccc1)NC(=O)NC1CCCC1. The number of benzene rings is 2. The van der Waals surface area contributed by atoms with E-state index in [1.807, 2.05) is 0 Å². The van der Waals surface area contributed by atoms with Crippen molar-refractivity contribution in [2.45, 2.75) is 31.7 Å². The molecule has 0 heterocycles. The van der Waals surface area contributed by atoms with E-state index in [4.69, 9.17) is 4.74 Å². The van der Waals surface area contributed by atoms with Crippen molar-refractivity contribution < 1.29 is 23.9 Å². The minimum atomic E-state index is -0.787. The van der Waals surface area contributed by atoms with Gasteiger partial charge in [0.25, 0.3) is 11.8 Å². The Morgan fingerprint density at radius 2 is 1.57 bits per heavy atom. The summed E-state index contributed by atoms with van der Waals surface area (Å²) in [5.41, 5.74) is 0.800. The molecule has 0 aliphatic heterocycles. The van der Waals surface area contributed by atoms with E-state index in [0.717, 1.165) is 25.7 Å². The van der Waals surface area contributed by atoms with Gasteiger partial charge in [-0.2, -0.15) is 0 Å². The van der Waals surface area contributed by atoms with E-state index in [2.05, 4.69) is 16.0 Å². The molecule has 3 rings (SSSR count). The number of hydrogen-bond donors (Lipinski definition) is 3. The van der Waals surface area contributed by atoms with Gasteiger partial charge in [0.2, 0.25) is 0 Å². The Morgan fingerprint density at radius 3 is 2.30 bits per heavy atom. The monoisotopic (exact) mass is 409 g/mol. The molecule has 30 heavy (non-hydrogen) atoms. The van der Waals surface area contributed by atoms with Gasteiger partial charge in [0, 0.05) is 11.6 Å². The second kappa shape index (κ2) is 10.2. The van der Waals surface area contributed by atoms with Gasteiger partial charge in [0.1, 0.15) is 0 Å². The van der Waals surface area contributed by atoms with Crippen LogP contribution in [-0.2, 0) is 9.53 Å². The zero-order chi connectivity index (χ0) is 21.3. The highest BCUT2D eigenvalue weighted by Crippen LogP contribution is 2.18. The number of carbonyl (C=O) groups is 4. The first kappa shape index (κ1) is 21.0. The van der Waals surface area contributed by atoms with E-state index >= 15 is 0 Å². The van der Waals surface area contributed by atoms with Crippen molar-refractivity contribution in [2.75, 3.05) is 11.9 Å². The van der Waals surface area contributed by atoms with E-state index < -0.39 is 24.5 Å². The number of ether oxygens (including phenoxy) is 1. The summed E-state index contributed by atoms with van der Waals surface area (Å²) in [4.78, 5) is 48.4. The van der Waals surface area contributed by atoms with Crippen LogP contribution in [0.25, 0.3) is 0 Å². The predicted molar refractivity (Wildman–Crippen MR) is 110 cm³/mol. The van der Waals surface area contributed by atoms with E-state index in [-0.39, 0.29) is 23.2 Å². The Kier molecular flexibility index (Phi) is 7.15. The van der Waals surface area contributed by atoms with Crippen molar-refractivity contribution in [3.63, 3.8) is 0 Å². The fourth-order valence-electron chi connectivity index (χ4n) is 3.22. The summed E-state index contributed by atoms with van der Waals surface area (Å²) in [5.74, 6) is -1.90. The first-order chi connectivity index (χ1) is 14.5. The fourth-order valence-corrected chi connectivity index (χ4v) is 3.22. The molecule has 0 aromatic heterocycles. The van der Waals surface area contributed by atoms with Crippen LogP contribution in [0.3, 0.4) is 0 Å². The molecular formula is C22H23N3O5. The van der Waals surface area contributed by atoms with Crippen LogP contribution in [0, 0.1) is 0 Å². The normalized spacial score (nSPS) is 13.3. The molecule has 0 saturated heterocycles. The van der Waals surface area contributed by atoms with Crippen molar-refractivity contribution in [1.82, 2.24) is 10.6 Å². The highest BCUT2D eigenvalue weighted by Gasteiger charge is 2.20. The Balaban J connectivity index is 1.53. The van der Waals surface area contributed by atoms with Gasteiger partial charge in [-0.15, -0.1) is 0 Å². The zero-order valence-corrected chi connectivity index (χ0v) is 16.4. The summed E-state index contributed by atoms with van der Waals surface area (Å²) in [5, 5.41) is 7.53. The molecule has 8 nitrogen and oxygen atoms in total. The van der Waals surface area contributed by atoms with Gasteiger partial charge in [0.15, 0.2) is 6.61 Å². The van der Waals surface area contributed by atoms with Gasteiger partial charge in [-0.1, -0.05) is 43.2 Å². The first-order valence-corrected chi connectivity index (χ1v) is 9.76. The third-order valence-corrected chi connectivity index (χ3v) is 4.71. The van der Waals surface area contributed by atoms with Crippen LogP contribution in [0.1, 0.15) is 46.4 Å². The number of nitrogens with one attached hydrogen (secondary N) is 3. The van der Waals surface area contributed by atoms with Crippen molar-refractivity contribution >= 4 is 29.5 Å². The molecule has 1 fully saturated rings. The molecule has 156 valence electrons. The smallest absolute Gasteiger partial charge is 0.340 e. The van der Waals surface area contributed by atoms with Crippen LogP contribution in [0.2, 0.25) is 0 Å². The fraction of sp³-hybridized carbons (Fsp3) is 0.273. The summed E-state index contributed by atoms with van der Waals surface area (Å²) in [6.07, 6.45) is 3.89. The molecule has 8 heteroatoms. The lowest BCUT2D eigenvalue weighted by molar-refractivity contribution is -0.123. The molecule has 0 bridgehead atoms. The van der Waals surface area contributed by atoms with Crippen LogP contribution in [0.5, 0.6) is 0 Å². The standard InChI is InChI=1S/C22H23N3O5/c26-19(25-22(29)23-16-10-4-5-11-16)14-30-21(28)17-12-6-7-13-18(17)24-20(27)15-8-2-1-3-9-15/h1-3,6-9,12-13,16H,4-5,10-11,14H2,(H,24,27)(H2,23,25,26,29). The highest BCUT2D eigenvalue weighted by molar-refractivity contribution is 6.08. The van der Waals surface area contributed by atoms with Gasteiger partial charge in [-0.05, 0) is 37.1 Å². The Labute approximate surface area is 174 Å². The molecule has 0 radical (unpaired) electrons. The summed E-state index contributed by atoms with van der Waals surface area (Å²) in [6, 6.07) is 14.4. The number of carbonyl (C=O) groups excluding carboxylic acids is 4. The van der Waals surface area contributed by atoms with Crippen LogP contribution < -0.4 is 16.0 Å². The molecule has 1 saturated carbocycles.